The molecule has 0 atom stereocenters. The SMILES string of the molecule is CC(C)(C)C(=O)CN1C(=O)N(CC(=O)Nc2cccc(CSCC(=O)O)c2)N=C(C2CCCCC2)c2ccccc21. The molecule has 2 aliphatic rings. The number of hydrogen-bond acceptors (Lipinski definition) is 6. The highest BCUT2D eigenvalue weighted by Crippen LogP contribution is 2.34. The summed E-state index contributed by atoms with van der Waals surface area (Å²) in [5.41, 5.74) is 3.01. The lowest BCUT2D eigenvalue weighted by Gasteiger charge is -2.28. The Morgan fingerprint density at radius 2 is 1.76 bits per heavy atom. The zero-order chi connectivity index (χ0) is 29.6. The lowest BCUT2D eigenvalue weighted by molar-refractivity contribution is -0.134. The van der Waals surface area contributed by atoms with E-state index in [4.69, 9.17) is 10.2 Å². The van der Waals surface area contributed by atoms with Crippen LogP contribution in [0, 0.1) is 11.3 Å². The molecule has 9 nitrogen and oxygen atoms in total. The van der Waals surface area contributed by atoms with Crippen LogP contribution >= 0.6 is 11.8 Å². The average molecular weight is 579 g/mol. The molecule has 1 fully saturated rings. The minimum absolute atomic E-state index is 0.00834. The number of carboxylic acid groups (broad SMARTS) is 1. The number of anilines is 2. The highest BCUT2D eigenvalue weighted by Gasteiger charge is 2.36. The van der Waals surface area contributed by atoms with Gasteiger partial charge in [-0.1, -0.05) is 70.4 Å². The smallest absolute Gasteiger partial charge is 0.345 e. The van der Waals surface area contributed by atoms with Gasteiger partial charge in [-0.05, 0) is 36.6 Å². The fraction of sp³-hybridized carbons (Fsp3) is 0.452. The zero-order valence-electron chi connectivity index (χ0n) is 23.9. The summed E-state index contributed by atoms with van der Waals surface area (Å²) in [6.45, 7) is 5.04. The Labute approximate surface area is 245 Å². The van der Waals surface area contributed by atoms with Gasteiger partial charge in [0.2, 0.25) is 5.91 Å². The van der Waals surface area contributed by atoms with Gasteiger partial charge in [0, 0.05) is 28.3 Å². The predicted molar refractivity (Wildman–Crippen MR) is 162 cm³/mol. The number of carbonyl (C=O) groups excluding carboxylic acids is 3. The maximum Gasteiger partial charge on any atom is 0.345 e. The van der Waals surface area contributed by atoms with Gasteiger partial charge in [0.1, 0.15) is 6.54 Å². The molecule has 2 aromatic rings. The van der Waals surface area contributed by atoms with Gasteiger partial charge < -0.3 is 10.4 Å². The summed E-state index contributed by atoms with van der Waals surface area (Å²) in [7, 11) is 0. The van der Waals surface area contributed by atoms with Crippen LogP contribution in [0.15, 0.2) is 53.6 Å². The number of fused-ring (bicyclic) bond motifs is 1. The van der Waals surface area contributed by atoms with Crippen molar-refractivity contribution in [2.24, 2.45) is 16.4 Å². The summed E-state index contributed by atoms with van der Waals surface area (Å²) < 4.78 is 0. The fourth-order valence-electron chi connectivity index (χ4n) is 5.04. The second kappa shape index (κ2) is 13.3. The molecule has 1 saturated carbocycles. The Hall–Kier alpha value is -3.66. The quantitative estimate of drug-likeness (QED) is 0.369. The summed E-state index contributed by atoms with van der Waals surface area (Å²) in [4.78, 5) is 52.6. The van der Waals surface area contributed by atoms with Gasteiger partial charge in [-0.3, -0.25) is 19.3 Å². The van der Waals surface area contributed by atoms with Gasteiger partial charge in [-0.25, -0.2) is 9.80 Å². The van der Waals surface area contributed by atoms with Crippen LogP contribution in [0.5, 0.6) is 0 Å². The van der Waals surface area contributed by atoms with Crippen LogP contribution < -0.4 is 10.2 Å². The number of nitrogens with zero attached hydrogens (tertiary/aromatic N) is 3. The van der Waals surface area contributed by atoms with Crippen molar-refractivity contribution >= 4 is 52.5 Å². The van der Waals surface area contributed by atoms with Gasteiger partial charge in [0.25, 0.3) is 0 Å². The molecule has 1 aliphatic carbocycles. The number of thioether (sulfide) groups is 1. The summed E-state index contributed by atoms with van der Waals surface area (Å²) in [6.07, 6.45) is 5.22. The van der Waals surface area contributed by atoms with Gasteiger partial charge in [-0.2, -0.15) is 5.10 Å². The molecule has 0 spiro atoms. The number of carbonyl (C=O) groups is 4. The lowest BCUT2D eigenvalue weighted by Crippen LogP contribution is -2.47. The van der Waals surface area contributed by atoms with E-state index in [-0.39, 0.29) is 30.5 Å². The van der Waals surface area contributed by atoms with E-state index in [0.717, 1.165) is 48.9 Å². The van der Waals surface area contributed by atoms with Crippen LogP contribution in [0.3, 0.4) is 0 Å². The predicted octanol–water partition coefficient (Wildman–Crippen LogP) is 5.78. The highest BCUT2D eigenvalue weighted by molar-refractivity contribution is 7.99. The fourth-order valence-corrected chi connectivity index (χ4v) is 5.73. The number of hydrogen-bond donors (Lipinski definition) is 2. The molecule has 3 amide bonds. The molecular formula is C31H38N4O5S. The molecule has 218 valence electrons. The van der Waals surface area contributed by atoms with E-state index < -0.39 is 23.3 Å². The van der Waals surface area contributed by atoms with E-state index in [9.17, 15) is 19.2 Å². The number of para-hydroxylation sites is 1. The molecule has 1 aliphatic heterocycles. The summed E-state index contributed by atoms with van der Waals surface area (Å²) in [6, 6.07) is 14.2. The third kappa shape index (κ3) is 7.97. The molecule has 2 aromatic carbocycles. The minimum atomic E-state index is -0.880. The van der Waals surface area contributed by atoms with Crippen molar-refractivity contribution in [3.63, 3.8) is 0 Å². The van der Waals surface area contributed by atoms with E-state index in [1.807, 2.05) is 51.1 Å². The number of aliphatic carboxylic acids is 1. The number of carboxylic acids is 1. The normalized spacial score (nSPS) is 16.1. The van der Waals surface area contributed by atoms with Crippen molar-refractivity contribution in [1.29, 1.82) is 0 Å². The first-order valence-electron chi connectivity index (χ1n) is 14.0. The standard InChI is InChI=1S/C31H38N4O5S/c1-31(2,3)26(36)17-34-25-15-8-7-14-24(25)29(22-11-5-4-6-12-22)33-35(30(34)40)18-27(37)32-23-13-9-10-21(16-23)19-41-20-28(38)39/h7-10,13-16,22H,4-6,11-12,17-20H2,1-3H3,(H,32,37)(H,38,39). The number of benzene rings is 2. The van der Waals surface area contributed by atoms with Crippen LogP contribution in [0.1, 0.15) is 64.0 Å². The van der Waals surface area contributed by atoms with Gasteiger partial charge in [0.15, 0.2) is 5.78 Å². The third-order valence-corrected chi connectivity index (χ3v) is 8.27. The number of amides is 3. The number of urea groups is 1. The van der Waals surface area contributed by atoms with E-state index in [1.165, 1.54) is 21.7 Å². The van der Waals surface area contributed by atoms with Crippen molar-refractivity contribution in [2.45, 2.75) is 58.6 Å². The molecule has 41 heavy (non-hydrogen) atoms. The van der Waals surface area contributed by atoms with Crippen LogP contribution in [0.25, 0.3) is 0 Å². The molecular weight excluding hydrogens is 540 g/mol. The molecule has 0 unspecified atom stereocenters. The first-order valence-corrected chi connectivity index (χ1v) is 15.2. The number of Topliss-reactive ketones (excluding diaryl/α,β-unsaturated/α-hetero) is 1. The number of rotatable bonds is 10. The van der Waals surface area contributed by atoms with E-state index in [2.05, 4.69) is 5.32 Å². The Balaban J connectivity index is 1.61. The summed E-state index contributed by atoms with van der Waals surface area (Å²) >= 11 is 1.27. The second-order valence-corrected chi connectivity index (χ2v) is 12.6. The topological polar surface area (TPSA) is 119 Å². The second-order valence-electron chi connectivity index (χ2n) is 11.6. The van der Waals surface area contributed by atoms with E-state index in [0.29, 0.717) is 17.1 Å². The summed E-state index contributed by atoms with van der Waals surface area (Å²) in [5, 5.41) is 17.8. The summed E-state index contributed by atoms with van der Waals surface area (Å²) in [5.74, 6) is -0.759. The first-order chi connectivity index (χ1) is 19.5. The maximum atomic E-state index is 14.0. The Bertz CT molecular complexity index is 1330. The molecule has 0 bridgehead atoms. The lowest BCUT2D eigenvalue weighted by atomic mass is 9.83. The molecule has 10 heteroatoms. The molecule has 4 rings (SSSR count). The number of hydrazone groups is 1. The van der Waals surface area contributed by atoms with Crippen molar-refractivity contribution < 1.29 is 24.3 Å². The molecule has 2 N–H and O–H groups in total. The number of nitrogens with one attached hydrogen (secondary N) is 1. The largest absolute Gasteiger partial charge is 0.481 e. The van der Waals surface area contributed by atoms with E-state index >= 15 is 0 Å². The van der Waals surface area contributed by atoms with Crippen LogP contribution in [-0.4, -0.2) is 58.4 Å². The van der Waals surface area contributed by atoms with Gasteiger partial charge in [0.05, 0.1) is 23.7 Å². The van der Waals surface area contributed by atoms with Gasteiger partial charge >= 0.3 is 12.0 Å². The van der Waals surface area contributed by atoms with Crippen LogP contribution in [0.4, 0.5) is 16.2 Å². The van der Waals surface area contributed by atoms with Crippen molar-refractivity contribution in [1.82, 2.24) is 5.01 Å². The maximum absolute atomic E-state index is 14.0. The van der Waals surface area contributed by atoms with Crippen molar-refractivity contribution in [3.05, 3.63) is 59.7 Å². The third-order valence-electron chi connectivity index (χ3n) is 7.28. The number of ketones is 1. The molecule has 0 aromatic heterocycles. The van der Waals surface area contributed by atoms with E-state index in [1.54, 1.807) is 18.2 Å². The Kier molecular flexibility index (Phi) is 9.86. The molecule has 1 heterocycles. The minimum Gasteiger partial charge on any atom is -0.481 e. The monoisotopic (exact) mass is 578 g/mol. The average Bonchev–Trinajstić information content (AvgIpc) is 3.04. The van der Waals surface area contributed by atoms with Gasteiger partial charge in [-0.15, -0.1) is 11.8 Å². The van der Waals surface area contributed by atoms with Crippen molar-refractivity contribution in [2.75, 3.05) is 29.1 Å². The van der Waals surface area contributed by atoms with Crippen LogP contribution in [-0.2, 0) is 20.1 Å². The highest BCUT2D eigenvalue weighted by atomic mass is 32.2. The molecule has 0 radical (unpaired) electrons. The molecule has 0 saturated heterocycles. The van der Waals surface area contributed by atoms with Crippen molar-refractivity contribution in [3.8, 4) is 0 Å². The first kappa shape index (κ1) is 30.3. The Morgan fingerprint density at radius 3 is 2.46 bits per heavy atom. The van der Waals surface area contributed by atoms with Crippen LogP contribution in [0.2, 0.25) is 0 Å². The Morgan fingerprint density at radius 1 is 1.02 bits per heavy atom. The zero-order valence-corrected chi connectivity index (χ0v) is 24.7.